The summed E-state index contributed by atoms with van der Waals surface area (Å²) in [5.41, 5.74) is 2.18. The highest BCUT2D eigenvalue weighted by Gasteiger charge is 2.18. The zero-order valence-corrected chi connectivity index (χ0v) is 11.4. The summed E-state index contributed by atoms with van der Waals surface area (Å²) in [4.78, 5) is 12.0. The van der Waals surface area contributed by atoms with Crippen molar-refractivity contribution in [2.24, 2.45) is 5.41 Å². The first-order valence-electron chi connectivity index (χ1n) is 6.03. The van der Waals surface area contributed by atoms with E-state index in [2.05, 4.69) is 0 Å². The van der Waals surface area contributed by atoms with Crippen molar-refractivity contribution in [3.05, 3.63) is 41.0 Å². The number of carbonyl (C=O) groups is 1. The molecule has 94 valence electrons. The predicted molar refractivity (Wildman–Crippen MR) is 73.8 cm³/mol. The minimum Gasteiger partial charge on any atom is -0.293 e. The molecule has 0 fully saturated rings. The van der Waals surface area contributed by atoms with E-state index in [1.54, 1.807) is 6.08 Å². The number of rotatable bonds is 3. The molecule has 0 N–H and O–H groups in total. The Hall–Kier alpha value is -1.88. The molecule has 0 aliphatic rings. The topological polar surface area (TPSA) is 40.9 Å². The maximum atomic E-state index is 12.0. The molecule has 2 nitrogen and oxygen atoms in total. The molecule has 18 heavy (non-hydrogen) atoms. The summed E-state index contributed by atoms with van der Waals surface area (Å²) >= 11 is 0. The van der Waals surface area contributed by atoms with Crippen molar-refractivity contribution in [1.82, 2.24) is 0 Å². The Balaban J connectivity index is 2.94. The molecule has 0 bridgehead atoms. The lowest BCUT2D eigenvalue weighted by molar-refractivity contribution is -0.116. The molecule has 1 aromatic rings. The Morgan fingerprint density at radius 2 is 1.83 bits per heavy atom. The van der Waals surface area contributed by atoms with Gasteiger partial charge in [-0.2, -0.15) is 5.26 Å². The van der Waals surface area contributed by atoms with Crippen LogP contribution < -0.4 is 0 Å². The summed E-state index contributed by atoms with van der Waals surface area (Å²) in [7, 11) is 0. The van der Waals surface area contributed by atoms with Crippen molar-refractivity contribution < 1.29 is 4.79 Å². The summed E-state index contributed by atoms with van der Waals surface area (Å²) in [5, 5.41) is 9.07. The number of nitrogens with zero attached hydrogens (tertiary/aromatic N) is 1. The van der Waals surface area contributed by atoms with E-state index in [0.717, 1.165) is 11.1 Å². The van der Waals surface area contributed by atoms with Crippen LogP contribution in [0.2, 0.25) is 0 Å². The largest absolute Gasteiger partial charge is 0.293 e. The zero-order chi connectivity index (χ0) is 13.8. The normalized spacial score (nSPS) is 12.1. The van der Waals surface area contributed by atoms with Gasteiger partial charge in [0.1, 0.15) is 6.07 Å². The van der Waals surface area contributed by atoms with E-state index in [1.807, 2.05) is 58.0 Å². The van der Waals surface area contributed by atoms with E-state index >= 15 is 0 Å². The first-order valence-corrected chi connectivity index (χ1v) is 6.03. The summed E-state index contributed by atoms with van der Waals surface area (Å²) in [6.45, 7) is 7.98. The fraction of sp³-hybridized carbons (Fsp3) is 0.375. The molecule has 0 heterocycles. The monoisotopic (exact) mass is 241 g/mol. The van der Waals surface area contributed by atoms with Crippen LogP contribution in [0.5, 0.6) is 0 Å². The van der Waals surface area contributed by atoms with Gasteiger partial charge in [-0.25, -0.2) is 0 Å². The lowest BCUT2D eigenvalue weighted by atomic mass is 9.87. The fourth-order valence-corrected chi connectivity index (χ4v) is 1.58. The van der Waals surface area contributed by atoms with E-state index in [9.17, 15) is 4.79 Å². The average molecular weight is 241 g/mol. The molecular weight excluding hydrogens is 222 g/mol. The minimum absolute atomic E-state index is 0.0921. The molecule has 0 radical (unpaired) electrons. The van der Waals surface area contributed by atoms with Crippen LogP contribution in [-0.2, 0) is 4.79 Å². The zero-order valence-electron chi connectivity index (χ0n) is 11.4. The van der Waals surface area contributed by atoms with Gasteiger partial charge in [0.05, 0.1) is 5.57 Å². The quantitative estimate of drug-likeness (QED) is 0.594. The van der Waals surface area contributed by atoms with Crippen molar-refractivity contribution in [3.8, 4) is 6.07 Å². The van der Waals surface area contributed by atoms with Crippen LogP contribution >= 0.6 is 0 Å². The number of hydrogen-bond donors (Lipinski definition) is 0. The summed E-state index contributed by atoms with van der Waals surface area (Å²) < 4.78 is 0. The van der Waals surface area contributed by atoms with Crippen molar-refractivity contribution in [2.75, 3.05) is 0 Å². The van der Waals surface area contributed by atoms with Gasteiger partial charge >= 0.3 is 0 Å². The van der Waals surface area contributed by atoms with Crippen molar-refractivity contribution >= 4 is 11.9 Å². The predicted octanol–water partition coefficient (Wildman–Crippen LogP) is 3.91. The maximum absolute atomic E-state index is 12.0. The summed E-state index contributed by atoms with van der Waals surface area (Å²) in [6, 6.07) is 9.76. The number of nitriles is 1. The van der Waals surface area contributed by atoms with Crippen LogP contribution in [0, 0.1) is 23.7 Å². The third-order valence-electron chi connectivity index (χ3n) is 2.50. The number of Topliss-reactive ketones (excluding diaryl/α,β-unsaturated/α-hetero) is 1. The lowest BCUT2D eigenvalue weighted by Crippen LogP contribution is -2.14. The van der Waals surface area contributed by atoms with Gasteiger partial charge in [0.25, 0.3) is 0 Å². The van der Waals surface area contributed by atoms with Crippen LogP contribution in [0.4, 0.5) is 0 Å². The molecule has 0 amide bonds. The highest BCUT2D eigenvalue weighted by atomic mass is 16.1. The van der Waals surface area contributed by atoms with Gasteiger partial charge in [0.15, 0.2) is 5.78 Å². The number of carbonyl (C=O) groups excluding carboxylic acids is 1. The first-order chi connectivity index (χ1) is 8.31. The van der Waals surface area contributed by atoms with Crippen LogP contribution in [0.25, 0.3) is 6.08 Å². The number of hydrogen-bond acceptors (Lipinski definition) is 2. The third-order valence-corrected chi connectivity index (χ3v) is 2.50. The second kappa shape index (κ2) is 5.64. The number of aryl methyl sites for hydroxylation is 1. The standard InChI is InChI=1S/C16H19NO/c1-12-5-7-13(8-6-12)9-14(11-17)15(18)10-16(2,3)4/h5-9H,10H2,1-4H3. The Kier molecular flexibility index (Phi) is 4.44. The molecule has 0 saturated heterocycles. The lowest BCUT2D eigenvalue weighted by Gasteiger charge is -2.16. The van der Waals surface area contributed by atoms with Gasteiger partial charge in [-0.3, -0.25) is 4.79 Å². The third kappa shape index (κ3) is 4.55. The average Bonchev–Trinajstić information content (AvgIpc) is 2.25. The molecule has 0 saturated carbocycles. The van der Waals surface area contributed by atoms with Gasteiger partial charge in [-0.05, 0) is 24.0 Å². The molecular formula is C16H19NO. The van der Waals surface area contributed by atoms with E-state index in [0.29, 0.717) is 6.42 Å². The molecule has 0 spiro atoms. The first kappa shape index (κ1) is 14.2. The summed E-state index contributed by atoms with van der Waals surface area (Å²) in [6.07, 6.45) is 2.05. The van der Waals surface area contributed by atoms with Crippen molar-refractivity contribution in [3.63, 3.8) is 0 Å². The minimum atomic E-state index is -0.0969. The second-order valence-electron chi connectivity index (χ2n) is 5.74. The molecule has 1 aromatic carbocycles. The van der Waals surface area contributed by atoms with E-state index in [1.165, 1.54) is 0 Å². The fourth-order valence-electron chi connectivity index (χ4n) is 1.58. The Bertz CT molecular complexity index is 495. The van der Waals surface area contributed by atoms with Gasteiger partial charge < -0.3 is 0 Å². The van der Waals surface area contributed by atoms with Crippen LogP contribution in [0.3, 0.4) is 0 Å². The molecule has 0 aliphatic carbocycles. The van der Waals surface area contributed by atoms with E-state index in [-0.39, 0.29) is 16.8 Å². The molecule has 0 aliphatic heterocycles. The molecule has 0 unspecified atom stereocenters. The number of benzene rings is 1. The van der Waals surface area contributed by atoms with E-state index < -0.39 is 0 Å². The Morgan fingerprint density at radius 1 is 1.28 bits per heavy atom. The van der Waals surface area contributed by atoms with Crippen LogP contribution in [0.15, 0.2) is 29.8 Å². The van der Waals surface area contributed by atoms with Crippen molar-refractivity contribution in [1.29, 1.82) is 5.26 Å². The van der Waals surface area contributed by atoms with Crippen molar-refractivity contribution in [2.45, 2.75) is 34.1 Å². The number of ketones is 1. The maximum Gasteiger partial charge on any atom is 0.173 e. The molecule has 2 heteroatoms. The smallest absolute Gasteiger partial charge is 0.173 e. The summed E-state index contributed by atoms with van der Waals surface area (Å²) in [5.74, 6) is -0.0921. The molecule has 1 rings (SSSR count). The van der Waals surface area contributed by atoms with Gasteiger partial charge in [-0.15, -0.1) is 0 Å². The van der Waals surface area contributed by atoms with Gasteiger partial charge in [0, 0.05) is 6.42 Å². The highest BCUT2D eigenvalue weighted by Crippen LogP contribution is 2.21. The Morgan fingerprint density at radius 3 is 2.28 bits per heavy atom. The van der Waals surface area contributed by atoms with Gasteiger partial charge in [0.2, 0.25) is 0 Å². The Labute approximate surface area is 109 Å². The molecule has 0 atom stereocenters. The second-order valence-corrected chi connectivity index (χ2v) is 5.74. The highest BCUT2D eigenvalue weighted by molar-refractivity contribution is 6.03. The van der Waals surface area contributed by atoms with Gasteiger partial charge in [-0.1, -0.05) is 50.6 Å². The van der Waals surface area contributed by atoms with Crippen LogP contribution in [0.1, 0.15) is 38.3 Å². The number of allylic oxidation sites excluding steroid dienone is 1. The van der Waals surface area contributed by atoms with Crippen LogP contribution in [-0.4, -0.2) is 5.78 Å². The molecule has 0 aromatic heterocycles. The van der Waals surface area contributed by atoms with E-state index in [4.69, 9.17) is 5.26 Å². The SMILES string of the molecule is Cc1ccc(C=C(C#N)C(=O)CC(C)(C)C)cc1.